The molecule has 0 heterocycles. The molecule has 0 aliphatic heterocycles. The highest BCUT2D eigenvalue weighted by Gasteiger charge is 2.27. The molecule has 480 valence electrons. The van der Waals surface area contributed by atoms with Crippen LogP contribution in [0.3, 0.4) is 0 Å². The molecule has 0 radical (unpaired) electrons. The molecule has 0 saturated heterocycles. The van der Waals surface area contributed by atoms with Crippen molar-refractivity contribution in [3.63, 3.8) is 0 Å². The average molecular weight is 1260 g/mol. The zero-order chi connectivity index (χ0) is 61.9. The van der Waals surface area contributed by atoms with Gasteiger partial charge >= 0.3 is 0 Å². The first-order valence-corrected chi connectivity index (χ1v) is 31.2. The summed E-state index contributed by atoms with van der Waals surface area (Å²) in [6.07, 6.45) is 1.50. The van der Waals surface area contributed by atoms with Crippen molar-refractivity contribution in [1.29, 1.82) is 0 Å². The van der Waals surface area contributed by atoms with Gasteiger partial charge in [-0.05, 0) is 19.3 Å². The predicted octanol–water partition coefficient (Wildman–Crippen LogP) is -2.07. The van der Waals surface area contributed by atoms with Gasteiger partial charge in [-0.3, -0.25) is 47.9 Å². The maximum Gasteiger partial charge on any atom is 0.243 e. The fourth-order valence-corrected chi connectivity index (χ4v) is 9.33. The van der Waals surface area contributed by atoms with Crippen molar-refractivity contribution in [2.75, 3.05) is 156 Å². The maximum absolute atomic E-state index is 13.5. The van der Waals surface area contributed by atoms with E-state index in [-0.39, 0.29) is 221 Å². The molecule has 0 aromatic heterocycles. The minimum Gasteiger partial charge on any atom is -0.379 e. The smallest absolute Gasteiger partial charge is 0.243 e. The van der Waals surface area contributed by atoms with E-state index in [0.29, 0.717) is 25.9 Å². The van der Waals surface area contributed by atoms with Crippen LogP contribution in [0.15, 0.2) is 0 Å². The van der Waals surface area contributed by atoms with Crippen LogP contribution in [0.2, 0.25) is 0 Å². The third-order valence-corrected chi connectivity index (χ3v) is 14.5. The normalized spacial score (nSPS) is 12.7. The largest absolute Gasteiger partial charge is 0.379 e. The molecule has 10 amide bonds. The first kappa shape index (κ1) is 78.8. The number of thiol groups is 2. The SMILES string of the molecule is CC(=O)NC(CS)C(=O)NCCOCCOCCC(=O)NCCOCCOCCC(=O)NCCCCC(NC(=O)CCOCCOCCNC(=O)CCOCCOCCNC(=O)C(CS)NC(C)=O)C(=O)NC(CSSC(C)(C)C)C(N)=O. The van der Waals surface area contributed by atoms with E-state index < -0.39 is 41.9 Å². The van der Waals surface area contributed by atoms with Crippen LogP contribution in [0.1, 0.15) is 79.6 Å². The fourth-order valence-electron chi connectivity index (χ4n) is 6.34. The third-order valence-electron chi connectivity index (χ3n) is 10.5. The lowest BCUT2D eigenvalue weighted by molar-refractivity contribution is -0.131. The number of nitrogens with one attached hydrogen (secondary N) is 9. The molecule has 0 bridgehead atoms. The summed E-state index contributed by atoms with van der Waals surface area (Å²) < 4.78 is 43.5. The fraction of sp³-hybridized carbons (Fsp3) is 0.804. The van der Waals surface area contributed by atoms with E-state index in [1.54, 1.807) is 10.8 Å². The third kappa shape index (κ3) is 49.7. The van der Waals surface area contributed by atoms with Gasteiger partial charge in [-0.2, -0.15) is 25.3 Å². The van der Waals surface area contributed by atoms with E-state index in [4.69, 9.17) is 43.6 Å². The summed E-state index contributed by atoms with van der Waals surface area (Å²) in [5.41, 5.74) is 5.63. The summed E-state index contributed by atoms with van der Waals surface area (Å²) in [5.74, 6) is -3.17. The number of carbonyl (C=O) groups excluding carboxylic acids is 10. The highest BCUT2D eigenvalue weighted by atomic mass is 33.1. The molecule has 0 spiro atoms. The summed E-state index contributed by atoms with van der Waals surface area (Å²) in [7, 11) is 2.94. The second kappa shape index (κ2) is 52.1. The van der Waals surface area contributed by atoms with Gasteiger partial charge in [0.05, 0.1) is 106 Å². The molecule has 0 aromatic rings. The van der Waals surface area contributed by atoms with Crippen molar-refractivity contribution in [3.05, 3.63) is 0 Å². The lowest BCUT2D eigenvalue weighted by atomic mass is 10.1. The van der Waals surface area contributed by atoms with Gasteiger partial charge in [-0.1, -0.05) is 42.4 Å². The molecule has 11 N–H and O–H groups in total. The summed E-state index contributed by atoms with van der Waals surface area (Å²) in [6, 6.07) is -3.41. The van der Waals surface area contributed by atoms with Crippen LogP contribution < -0.4 is 53.6 Å². The summed E-state index contributed by atoms with van der Waals surface area (Å²) in [4.78, 5) is 122. The monoisotopic (exact) mass is 1260 g/mol. The highest BCUT2D eigenvalue weighted by Crippen LogP contribution is 2.35. The molecule has 0 rings (SSSR count). The second-order valence-electron chi connectivity index (χ2n) is 19.0. The Bertz CT molecular complexity index is 1870. The van der Waals surface area contributed by atoms with Gasteiger partial charge in [0.1, 0.15) is 24.2 Å². The van der Waals surface area contributed by atoms with Crippen LogP contribution in [-0.4, -0.2) is 244 Å². The first-order valence-electron chi connectivity index (χ1n) is 27.6. The minimum absolute atomic E-state index is 0.0410. The van der Waals surface area contributed by atoms with Gasteiger partial charge in [0.25, 0.3) is 0 Å². The van der Waals surface area contributed by atoms with E-state index in [1.807, 2.05) is 20.8 Å². The number of nitrogens with two attached hydrogens (primary N) is 1. The van der Waals surface area contributed by atoms with Gasteiger partial charge in [-0.25, -0.2) is 0 Å². The molecular weight excluding hydrogens is 1170 g/mol. The van der Waals surface area contributed by atoms with Crippen LogP contribution in [0.25, 0.3) is 0 Å². The van der Waals surface area contributed by atoms with Crippen LogP contribution >= 0.6 is 46.8 Å². The number of unbranched alkanes of at least 4 members (excludes halogenated alkanes) is 1. The Morgan fingerprint density at radius 1 is 0.410 bits per heavy atom. The lowest BCUT2D eigenvalue weighted by Gasteiger charge is -2.23. The molecule has 0 aliphatic carbocycles. The van der Waals surface area contributed by atoms with E-state index in [1.165, 1.54) is 24.6 Å². The van der Waals surface area contributed by atoms with Crippen molar-refractivity contribution in [2.24, 2.45) is 5.73 Å². The van der Waals surface area contributed by atoms with Crippen LogP contribution in [0.4, 0.5) is 0 Å². The van der Waals surface area contributed by atoms with E-state index >= 15 is 0 Å². The molecule has 4 atom stereocenters. The number of carbonyl (C=O) groups is 10. The van der Waals surface area contributed by atoms with E-state index in [9.17, 15) is 47.9 Å². The van der Waals surface area contributed by atoms with Gasteiger partial charge < -0.3 is 91.5 Å². The van der Waals surface area contributed by atoms with E-state index in [2.05, 4.69) is 73.1 Å². The molecule has 83 heavy (non-hydrogen) atoms. The number of hydrogen-bond donors (Lipinski definition) is 12. The Hall–Kier alpha value is -4.22. The zero-order valence-corrected chi connectivity index (χ0v) is 52.3. The molecule has 0 saturated carbocycles. The Labute approximate surface area is 507 Å². The zero-order valence-electron chi connectivity index (χ0n) is 48.9. The van der Waals surface area contributed by atoms with Crippen molar-refractivity contribution in [3.8, 4) is 0 Å². The van der Waals surface area contributed by atoms with E-state index in [0.717, 1.165) is 0 Å². The number of rotatable bonds is 54. The molecular formula is C51H94N10O18S4. The summed E-state index contributed by atoms with van der Waals surface area (Å²) in [6.45, 7) is 13.6. The average Bonchev–Trinajstić information content (AvgIpc) is 3.42. The van der Waals surface area contributed by atoms with Crippen molar-refractivity contribution in [2.45, 2.75) is 108 Å². The molecule has 28 nitrogen and oxygen atoms in total. The van der Waals surface area contributed by atoms with Crippen LogP contribution in [0.5, 0.6) is 0 Å². The topological polar surface area (TPSA) is 379 Å². The molecule has 0 aromatic carbocycles. The quantitative estimate of drug-likeness (QED) is 0.0177. The van der Waals surface area contributed by atoms with Crippen molar-refractivity contribution < 1.29 is 85.8 Å². The minimum atomic E-state index is -0.991. The lowest BCUT2D eigenvalue weighted by Crippen LogP contribution is -2.53. The second-order valence-corrected chi connectivity index (χ2v) is 22.9. The molecule has 0 fully saturated rings. The van der Waals surface area contributed by atoms with Gasteiger partial charge in [0, 0.05) is 94.3 Å². The van der Waals surface area contributed by atoms with Gasteiger partial charge in [0.2, 0.25) is 59.1 Å². The highest BCUT2D eigenvalue weighted by molar-refractivity contribution is 8.77. The number of hydrogen-bond acceptors (Lipinski definition) is 22. The predicted molar refractivity (Wildman–Crippen MR) is 320 cm³/mol. The summed E-state index contributed by atoms with van der Waals surface area (Å²) in [5, 5.41) is 24.0. The Morgan fingerprint density at radius 2 is 0.759 bits per heavy atom. The number of amides is 10. The summed E-state index contributed by atoms with van der Waals surface area (Å²) >= 11 is 8.12. The Balaban J connectivity index is 4.35. The standard InChI is InChI=1S/C51H94N10O18S4/c1-37(62)58-40(34-80)48(69)56-16-24-78-32-27-73-19-10-44(65)54-14-22-76-30-26-72-18-9-43(64)53-13-7-6-8-39(50(71)61-42(47(52)68)36-82-83-51(3,4)5)60-46(67)12-21-75-29-31-77-23-15-55-45(66)11-20-74-28-33-79-25-17-57-49(70)41(35-81)59-38(2)63/h39-42,80-81H,6-36H2,1-5H3,(H2,52,68)(H,53,64)(H,54,65)(H,55,66)(H,56,69)(H,57,70)(H,58,62)(H,59,63)(H,60,67)(H,61,71). The molecule has 4 unspecified atom stereocenters. The Morgan fingerprint density at radius 3 is 1.11 bits per heavy atom. The van der Waals surface area contributed by atoms with Crippen molar-refractivity contribution in [1.82, 2.24) is 47.9 Å². The van der Waals surface area contributed by atoms with Gasteiger partial charge in [-0.15, -0.1) is 0 Å². The van der Waals surface area contributed by atoms with Crippen LogP contribution in [-0.2, 0) is 85.8 Å². The van der Waals surface area contributed by atoms with Gasteiger partial charge in [0.15, 0.2) is 0 Å². The number of ether oxygens (including phenoxy) is 8. The molecule has 32 heteroatoms. The Kier molecular flexibility index (Phi) is 49.5. The van der Waals surface area contributed by atoms with Crippen molar-refractivity contribution >= 4 is 106 Å². The first-order chi connectivity index (χ1) is 39.7. The molecule has 0 aliphatic rings. The number of primary amides is 1. The maximum atomic E-state index is 13.5. The van der Waals surface area contributed by atoms with Crippen LogP contribution in [0, 0.1) is 0 Å².